The Labute approximate surface area is 231 Å². The first-order valence-electron chi connectivity index (χ1n) is 12.7. The minimum atomic E-state index is -0.728. The van der Waals surface area contributed by atoms with Gasteiger partial charge in [-0.3, -0.25) is 14.5 Å². The van der Waals surface area contributed by atoms with E-state index in [1.165, 1.54) is 16.7 Å². The highest BCUT2D eigenvalue weighted by Gasteiger charge is 2.54. The van der Waals surface area contributed by atoms with Crippen molar-refractivity contribution in [1.29, 1.82) is 0 Å². The van der Waals surface area contributed by atoms with Crippen LogP contribution in [-0.2, 0) is 19.1 Å². The molecule has 2 aliphatic rings. The SMILES string of the molecule is C=C(C)C1=C(C(=O)OC(c2ccccc2)c2ccccc2)N2C(=O)C(NC(=O)CNc3ccccc3)[C@@H]2SC1. The molecule has 7 nitrogen and oxygen atoms in total. The third kappa shape index (κ3) is 5.61. The van der Waals surface area contributed by atoms with Crippen LogP contribution in [0.15, 0.2) is 114 Å². The first-order valence-corrected chi connectivity index (χ1v) is 13.7. The number of hydrogen-bond donors (Lipinski definition) is 2. The number of allylic oxidation sites excluding steroid dienone is 1. The predicted molar refractivity (Wildman–Crippen MR) is 153 cm³/mol. The number of hydrogen-bond acceptors (Lipinski definition) is 6. The number of para-hydroxylation sites is 1. The van der Waals surface area contributed by atoms with Gasteiger partial charge in [-0.25, -0.2) is 4.79 Å². The summed E-state index contributed by atoms with van der Waals surface area (Å²) in [6.45, 7) is 5.89. The molecular formula is C31H29N3O4S. The number of β-lactam (4-membered cyclic amide) rings is 1. The number of rotatable bonds is 9. The fourth-order valence-corrected chi connectivity index (χ4v) is 6.10. The molecule has 1 saturated heterocycles. The van der Waals surface area contributed by atoms with Gasteiger partial charge in [0.25, 0.3) is 5.91 Å². The van der Waals surface area contributed by atoms with E-state index in [1.54, 1.807) is 0 Å². The molecule has 2 atom stereocenters. The van der Waals surface area contributed by atoms with Crippen LogP contribution < -0.4 is 10.6 Å². The summed E-state index contributed by atoms with van der Waals surface area (Å²) in [5.41, 5.74) is 4.01. The molecule has 1 unspecified atom stereocenters. The van der Waals surface area contributed by atoms with Gasteiger partial charge in [0.05, 0.1) is 6.54 Å². The second kappa shape index (κ2) is 11.6. The molecule has 2 heterocycles. The Kier molecular flexibility index (Phi) is 7.84. The van der Waals surface area contributed by atoms with Crippen molar-refractivity contribution in [1.82, 2.24) is 10.2 Å². The Hall–Kier alpha value is -4.30. The zero-order valence-electron chi connectivity index (χ0n) is 21.5. The predicted octanol–water partition coefficient (Wildman–Crippen LogP) is 4.66. The minimum Gasteiger partial charge on any atom is -0.448 e. The molecule has 8 heteroatoms. The third-order valence-corrected chi connectivity index (χ3v) is 7.93. The van der Waals surface area contributed by atoms with Gasteiger partial charge in [0.1, 0.15) is 17.1 Å². The second-order valence-electron chi connectivity index (χ2n) is 9.39. The standard InChI is InChI=1S/C31H29N3O4S/c1-20(2)24-19-39-30-26(33-25(35)18-32-23-16-10-5-11-17-23)29(36)34(30)27(24)31(37)38-28(21-12-6-3-7-13-21)22-14-8-4-9-15-22/h3-17,26,28,30,32H,1,18-19H2,2H3,(H,33,35)/t26?,30-/m0/s1. The fourth-order valence-electron chi connectivity index (χ4n) is 4.64. The number of amides is 2. The first-order chi connectivity index (χ1) is 18.9. The van der Waals surface area contributed by atoms with Crippen LogP contribution in [0.5, 0.6) is 0 Å². The van der Waals surface area contributed by atoms with Crippen LogP contribution in [0.3, 0.4) is 0 Å². The molecule has 3 aromatic carbocycles. The Morgan fingerprint density at radius 1 is 0.974 bits per heavy atom. The Morgan fingerprint density at radius 3 is 2.10 bits per heavy atom. The lowest BCUT2D eigenvalue weighted by atomic mass is 9.99. The molecule has 0 spiro atoms. The van der Waals surface area contributed by atoms with Crippen molar-refractivity contribution in [3.8, 4) is 0 Å². The molecule has 0 bridgehead atoms. The highest BCUT2D eigenvalue weighted by atomic mass is 32.2. The van der Waals surface area contributed by atoms with Crippen molar-refractivity contribution in [3.63, 3.8) is 0 Å². The molecule has 198 valence electrons. The number of benzene rings is 3. The smallest absolute Gasteiger partial charge is 0.356 e. The van der Waals surface area contributed by atoms with Crippen LogP contribution >= 0.6 is 11.8 Å². The Bertz CT molecular complexity index is 1370. The maximum Gasteiger partial charge on any atom is 0.356 e. The molecule has 2 N–H and O–H groups in total. The number of nitrogens with zero attached hydrogens (tertiary/aromatic N) is 1. The zero-order valence-corrected chi connectivity index (χ0v) is 22.3. The van der Waals surface area contributed by atoms with E-state index >= 15 is 0 Å². The number of thioether (sulfide) groups is 1. The minimum absolute atomic E-state index is 0.0305. The van der Waals surface area contributed by atoms with E-state index in [1.807, 2.05) is 97.9 Å². The highest BCUT2D eigenvalue weighted by molar-refractivity contribution is 8.00. The molecule has 0 radical (unpaired) electrons. The van der Waals surface area contributed by atoms with E-state index < -0.39 is 23.5 Å². The number of fused-ring (bicyclic) bond motifs is 1. The van der Waals surface area contributed by atoms with Gasteiger partial charge in [-0.15, -0.1) is 11.8 Å². The van der Waals surface area contributed by atoms with Gasteiger partial charge in [-0.05, 0) is 35.8 Å². The van der Waals surface area contributed by atoms with Crippen LogP contribution in [0.1, 0.15) is 24.2 Å². The number of esters is 1. The van der Waals surface area contributed by atoms with E-state index in [2.05, 4.69) is 17.2 Å². The number of anilines is 1. The number of carbonyl (C=O) groups excluding carboxylic acids is 3. The molecule has 5 rings (SSSR count). The fraction of sp³-hybridized carbons (Fsp3) is 0.194. The third-order valence-electron chi connectivity index (χ3n) is 6.65. The average molecular weight is 540 g/mol. The number of carbonyl (C=O) groups is 3. The Balaban J connectivity index is 1.34. The van der Waals surface area contributed by atoms with Gasteiger partial charge in [0.2, 0.25) is 5.91 Å². The Morgan fingerprint density at radius 2 is 1.54 bits per heavy atom. The summed E-state index contributed by atoms with van der Waals surface area (Å²) in [7, 11) is 0. The van der Waals surface area contributed by atoms with Gasteiger partial charge in [-0.1, -0.05) is 91.0 Å². The maximum absolute atomic E-state index is 13.8. The second-order valence-corrected chi connectivity index (χ2v) is 10.5. The highest BCUT2D eigenvalue weighted by Crippen LogP contribution is 2.43. The monoisotopic (exact) mass is 539 g/mol. The first kappa shape index (κ1) is 26.3. The zero-order chi connectivity index (χ0) is 27.4. The average Bonchev–Trinajstić information content (AvgIpc) is 2.98. The molecular weight excluding hydrogens is 510 g/mol. The van der Waals surface area contributed by atoms with Crippen LogP contribution in [0.4, 0.5) is 5.69 Å². The van der Waals surface area contributed by atoms with Gasteiger partial charge in [-0.2, -0.15) is 0 Å². The van der Waals surface area contributed by atoms with Gasteiger partial charge < -0.3 is 15.4 Å². The quantitative estimate of drug-likeness (QED) is 0.304. The van der Waals surface area contributed by atoms with Crippen LogP contribution in [0.25, 0.3) is 0 Å². The molecule has 2 aliphatic heterocycles. The summed E-state index contributed by atoms with van der Waals surface area (Å²) >= 11 is 1.49. The van der Waals surface area contributed by atoms with Crippen molar-refractivity contribution < 1.29 is 19.1 Å². The van der Waals surface area contributed by atoms with Crippen LogP contribution in [0, 0.1) is 0 Å². The molecule has 1 fully saturated rings. The van der Waals surface area contributed by atoms with E-state index in [0.29, 0.717) is 16.9 Å². The van der Waals surface area contributed by atoms with Crippen LogP contribution in [0.2, 0.25) is 0 Å². The van der Waals surface area contributed by atoms with Gasteiger partial charge in [0.15, 0.2) is 6.10 Å². The van der Waals surface area contributed by atoms with E-state index in [0.717, 1.165) is 16.8 Å². The van der Waals surface area contributed by atoms with Gasteiger partial charge >= 0.3 is 5.97 Å². The summed E-state index contributed by atoms with van der Waals surface area (Å²) < 4.78 is 6.11. The van der Waals surface area contributed by atoms with Crippen molar-refractivity contribution in [2.45, 2.75) is 24.4 Å². The number of nitrogens with one attached hydrogen (secondary N) is 2. The summed E-state index contributed by atoms with van der Waals surface area (Å²) in [4.78, 5) is 41.2. The molecule has 39 heavy (non-hydrogen) atoms. The molecule has 0 saturated carbocycles. The largest absolute Gasteiger partial charge is 0.448 e. The van der Waals surface area contributed by atoms with Crippen molar-refractivity contribution in [3.05, 3.63) is 126 Å². The molecule has 0 aromatic heterocycles. The van der Waals surface area contributed by atoms with Crippen LogP contribution in [-0.4, -0.2) is 46.4 Å². The lowest BCUT2D eigenvalue weighted by Crippen LogP contribution is -2.71. The lowest BCUT2D eigenvalue weighted by molar-refractivity contribution is -0.154. The van der Waals surface area contributed by atoms with Gasteiger partial charge in [0, 0.05) is 11.4 Å². The summed E-state index contributed by atoms with van der Waals surface area (Å²) in [5, 5.41) is 5.46. The lowest BCUT2D eigenvalue weighted by Gasteiger charge is -2.50. The van der Waals surface area contributed by atoms with E-state index in [-0.39, 0.29) is 24.1 Å². The summed E-state index contributed by atoms with van der Waals surface area (Å²) in [5.74, 6) is -0.768. The number of ether oxygens (including phenoxy) is 1. The van der Waals surface area contributed by atoms with Crippen molar-refractivity contribution in [2.24, 2.45) is 0 Å². The molecule has 3 aromatic rings. The molecule has 2 amide bonds. The topological polar surface area (TPSA) is 87.7 Å². The molecule has 0 aliphatic carbocycles. The van der Waals surface area contributed by atoms with E-state index in [9.17, 15) is 14.4 Å². The summed E-state index contributed by atoms with van der Waals surface area (Å²) in [6.07, 6.45) is -0.650. The normalized spacial score (nSPS) is 18.2. The summed E-state index contributed by atoms with van der Waals surface area (Å²) in [6, 6.07) is 27.6. The van der Waals surface area contributed by atoms with Crippen molar-refractivity contribution >= 4 is 35.2 Å². The van der Waals surface area contributed by atoms with E-state index in [4.69, 9.17) is 4.74 Å². The maximum atomic E-state index is 13.8. The van der Waals surface area contributed by atoms with Crippen molar-refractivity contribution in [2.75, 3.05) is 17.6 Å².